The van der Waals surface area contributed by atoms with E-state index in [-0.39, 0.29) is 0 Å². The van der Waals surface area contributed by atoms with Crippen molar-refractivity contribution >= 4 is 55.3 Å². The van der Waals surface area contributed by atoms with Gasteiger partial charge in [0.15, 0.2) is 0 Å². The Morgan fingerprint density at radius 2 is 1.66 bits per heavy atom. The Balaban J connectivity index is 1.32. The maximum Gasteiger partial charge on any atom is 0.0558 e. The minimum absolute atomic E-state index is 0.807. The summed E-state index contributed by atoms with van der Waals surface area (Å²) in [7, 11) is 0. The molecule has 4 heterocycles. The molecule has 2 aliphatic heterocycles. The monoisotopic (exact) mass is 545 g/mol. The highest BCUT2D eigenvalue weighted by atomic mass is 32.1. The number of rotatable bonds is 2. The van der Waals surface area contributed by atoms with Crippen LogP contribution in [0.1, 0.15) is 29.7 Å². The van der Waals surface area contributed by atoms with Gasteiger partial charge in [0.05, 0.1) is 23.4 Å². The predicted molar refractivity (Wildman–Crippen MR) is 174 cm³/mol. The molecule has 9 rings (SSSR count). The van der Waals surface area contributed by atoms with Gasteiger partial charge in [-0.2, -0.15) is 0 Å². The molecule has 196 valence electrons. The van der Waals surface area contributed by atoms with Crippen LogP contribution in [-0.4, -0.2) is 4.57 Å². The van der Waals surface area contributed by atoms with Crippen molar-refractivity contribution < 1.29 is 0 Å². The van der Waals surface area contributed by atoms with E-state index in [0.717, 1.165) is 19.4 Å². The van der Waals surface area contributed by atoms with Gasteiger partial charge in [0, 0.05) is 49.2 Å². The Labute approximate surface area is 243 Å². The molecule has 0 unspecified atom stereocenters. The highest BCUT2D eigenvalue weighted by Crippen LogP contribution is 2.51. The first-order valence-corrected chi connectivity index (χ1v) is 15.2. The van der Waals surface area contributed by atoms with Crippen molar-refractivity contribution in [3.63, 3.8) is 0 Å². The van der Waals surface area contributed by atoms with E-state index < -0.39 is 0 Å². The van der Waals surface area contributed by atoms with Crippen molar-refractivity contribution in [3.8, 4) is 16.8 Å². The summed E-state index contributed by atoms with van der Waals surface area (Å²) in [6, 6.07) is 33.8. The fourth-order valence-corrected chi connectivity index (χ4v) is 7.84. The zero-order valence-corrected chi connectivity index (χ0v) is 23.3. The number of thiophene rings is 1. The third-order valence-electron chi connectivity index (χ3n) is 8.76. The Morgan fingerprint density at radius 1 is 0.756 bits per heavy atom. The first-order valence-electron chi connectivity index (χ1n) is 14.3. The number of allylic oxidation sites excluding steroid dienone is 3. The van der Waals surface area contributed by atoms with Crippen molar-refractivity contribution in [3.05, 3.63) is 137 Å². The van der Waals surface area contributed by atoms with Crippen molar-refractivity contribution in [2.45, 2.75) is 19.4 Å². The number of para-hydroxylation sites is 2. The van der Waals surface area contributed by atoms with Gasteiger partial charge in [-0.25, -0.2) is 0 Å². The molecule has 1 aliphatic carbocycles. The average molecular weight is 546 g/mol. The topological polar surface area (TPSA) is 20.2 Å². The molecule has 41 heavy (non-hydrogen) atoms. The van der Waals surface area contributed by atoms with Crippen LogP contribution in [-0.2, 0) is 6.54 Å². The average Bonchev–Trinajstić information content (AvgIpc) is 3.61. The summed E-state index contributed by atoms with van der Waals surface area (Å²) in [4.78, 5) is 2.50. The van der Waals surface area contributed by atoms with E-state index >= 15 is 0 Å². The van der Waals surface area contributed by atoms with Gasteiger partial charge in [0.25, 0.3) is 0 Å². The minimum Gasteiger partial charge on any atom is -0.385 e. The zero-order valence-electron chi connectivity index (χ0n) is 22.5. The number of nitrogens with one attached hydrogen (secondary N) is 1. The number of anilines is 2. The van der Waals surface area contributed by atoms with Gasteiger partial charge in [0.2, 0.25) is 0 Å². The second-order valence-corrected chi connectivity index (χ2v) is 11.9. The van der Waals surface area contributed by atoms with E-state index in [1.807, 2.05) is 11.3 Å². The molecule has 0 saturated heterocycles. The van der Waals surface area contributed by atoms with Gasteiger partial charge in [-0.05, 0) is 90.2 Å². The molecule has 3 nitrogen and oxygen atoms in total. The van der Waals surface area contributed by atoms with Crippen molar-refractivity contribution in [2.75, 3.05) is 4.90 Å². The predicted octanol–water partition coefficient (Wildman–Crippen LogP) is 9.80. The molecule has 4 aromatic carbocycles. The van der Waals surface area contributed by atoms with E-state index in [2.05, 4.69) is 136 Å². The summed E-state index contributed by atoms with van der Waals surface area (Å²) in [5, 5.41) is 8.31. The van der Waals surface area contributed by atoms with Gasteiger partial charge in [-0.15, -0.1) is 11.3 Å². The van der Waals surface area contributed by atoms with Crippen molar-refractivity contribution in [2.24, 2.45) is 0 Å². The molecule has 2 aromatic heterocycles. The van der Waals surface area contributed by atoms with Crippen LogP contribution in [0.15, 0.2) is 120 Å². The van der Waals surface area contributed by atoms with Crippen LogP contribution in [0.5, 0.6) is 0 Å². The number of hydrogen-bond acceptors (Lipinski definition) is 3. The molecule has 0 amide bonds. The fraction of sp³-hybridized carbons (Fsp3) is 0.0811. The number of hydrogen-bond donors (Lipinski definition) is 1. The first-order chi connectivity index (χ1) is 20.4. The molecule has 3 aliphatic rings. The van der Waals surface area contributed by atoms with Crippen LogP contribution in [0, 0.1) is 0 Å². The second-order valence-electron chi connectivity index (χ2n) is 10.9. The molecule has 0 fully saturated rings. The third kappa shape index (κ3) is 3.31. The number of fused-ring (bicyclic) bond motifs is 9. The largest absolute Gasteiger partial charge is 0.385 e. The highest BCUT2D eigenvalue weighted by molar-refractivity contribution is 7.17. The lowest BCUT2D eigenvalue weighted by Crippen LogP contribution is -2.18. The second kappa shape index (κ2) is 8.85. The van der Waals surface area contributed by atoms with Gasteiger partial charge in [0.1, 0.15) is 0 Å². The summed E-state index contributed by atoms with van der Waals surface area (Å²) < 4.78 is 3.78. The van der Waals surface area contributed by atoms with E-state index in [1.54, 1.807) is 0 Å². The normalized spacial score (nSPS) is 15.4. The van der Waals surface area contributed by atoms with Gasteiger partial charge in [-0.1, -0.05) is 54.6 Å². The lowest BCUT2D eigenvalue weighted by atomic mass is 9.88. The Kier molecular flexibility index (Phi) is 4.96. The summed E-state index contributed by atoms with van der Waals surface area (Å²) in [6.07, 6.45) is 11.0. The van der Waals surface area contributed by atoms with Gasteiger partial charge >= 0.3 is 0 Å². The molecule has 4 heteroatoms. The van der Waals surface area contributed by atoms with Crippen LogP contribution in [0.3, 0.4) is 0 Å². The number of benzene rings is 4. The summed E-state index contributed by atoms with van der Waals surface area (Å²) >= 11 is 1.82. The molecule has 0 spiro atoms. The Hall–Kier alpha value is -4.80. The number of nitrogens with zero attached hydrogens (tertiary/aromatic N) is 2. The molecule has 0 saturated carbocycles. The SMILES string of the molecule is C1=CC2=C(CC1)c1ccc3sccc3c1-c1ccccc1N2c1cccc(-n2c3c(c4ccccc42)C=CNC3)c1. The van der Waals surface area contributed by atoms with E-state index in [4.69, 9.17) is 0 Å². The maximum absolute atomic E-state index is 3.44. The van der Waals surface area contributed by atoms with Crippen LogP contribution >= 0.6 is 11.3 Å². The van der Waals surface area contributed by atoms with Crippen molar-refractivity contribution in [1.82, 2.24) is 9.88 Å². The zero-order chi connectivity index (χ0) is 26.9. The Morgan fingerprint density at radius 3 is 2.66 bits per heavy atom. The molecular weight excluding hydrogens is 518 g/mol. The third-order valence-corrected chi connectivity index (χ3v) is 9.64. The fourth-order valence-electron chi connectivity index (χ4n) is 7.05. The van der Waals surface area contributed by atoms with Gasteiger partial charge < -0.3 is 14.8 Å². The van der Waals surface area contributed by atoms with E-state index in [1.165, 1.54) is 77.3 Å². The lowest BCUT2D eigenvalue weighted by molar-refractivity contribution is 0.803. The highest BCUT2D eigenvalue weighted by Gasteiger charge is 2.29. The molecule has 0 radical (unpaired) electrons. The summed E-state index contributed by atoms with van der Waals surface area (Å²) in [5.41, 5.74) is 14.1. The summed E-state index contributed by atoms with van der Waals surface area (Å²) in [6.45, 7) is 0.807. The quantitative estimate of drug-likeness (QED) is 0.234. The molecule has 0 bridgehead atoms. The van der Waals surface area contributed by atoms with Crippen LogP contribution < -0.4 is 10.2 Å². The van der Waals surface area contributed by atoms with E-state index in [9.17, 15) is 0 Å². The lowest BCUT2D eigenvalue weighted by Gasteiger charge is -2.30. The molecule has 0 atom stereocenters. The van der Waals surface area contributed by atoms with Crippen LogP contribution in [0.25, 0.3) is 49.5 Å². The molecule has 6 aromatic rings. The van der Waals surface area contributed by atoms with Crippen LogP contribution in [0.4, 0.5) is 11.4 Å². The van der Waals surface area contributed by atoms with Crippen LogP contribution in [0.2, 0.25) is 0 Å². The standard InChI is InChI=1S/C37H27N3S/c1-4-13-32-26(10-1)28-18-20-38-23-35(28)40(32)25-9-7-8-24(22-25)39-33-14-5-2-11-27(33)29-16-17-36-31(19-21-41-36)37(29)30-12-3-6-15-34(30)39/h1,3-10,12-22,38H,2,11,23H2. The minimum atomic E-state index is 0.807. The Bertz CT molecular complexity index is 2120. The smallest absolute Gasteiger partial charge is 0.0558 e. The maximum atomic E-state index is 3.44. The van der Waals surface area contributed by atoms with Gasteiger partial charge in [-0.3, -0.25) is 0 Å². The number of aromatic nitrogens is 1. The molecule has 1 N–H and O–H groups in total. The van der Waals surface area contributed by atoms with E-state index in [0.29, 0.717) is 0 Å². The summed E-state index contributed by atoms with van der Waals surface area (Å²) in [5.74, 6) is 0. The first kappa shape index (κ1) is 23.0. The van der Waals surface area contributed by atoms with Crippen molar-refractivity contribution in [1.29, 1.82) is 0 Å². The molecular formula is C37H27N3S.